The van der Waals surface area contributed by atoms with E-state index >= 15 is 0 Å². The van der Waals surface area contributed by atoms with Crippen molar-refractivity contribution in [3.63, 3.8) is 0 Å². The standard InChI is InChI=1S/C13H11F3N4O/c14-13(15,16)5-1-2-6-8(3-5)20-10-7(12(18)21)4-19-11(17)9(6)10/h1-4,11,19-20H,17H2,(H2,18,21). The summed E-state index contributed by atoms with van der Waals surface area (Å²) in [5, 5.41) is 3.28. The summed E-state index contributed by atoms with van der Waals surface area (Å²) in [6.07, 6.45) is -3.72. The predicted molar refractivity (Wildman–Crippen MR) is 70.5 cm³/mol. The molecule has 0 saturated heterocycles. The monoisotopic (exact) mass is 296 g/mol. The molecule has 1 aliphatic rings. The van der Waals surface area contributed by atoms with E-state index in [0.717, 1.165) is 12.1 Å². The lowest BCUT2D eigenvalue weighted by Crippen LogP contribution is -2.31. The van der Waals surface area contributed by atoms with Crippen molar-refractivity contribution in [2.45, 2.75) is 12.3 Å². The first-order valence-electron chi connectivity index (χ1n) is 6.04. The number of halogens is 3. The highest BCUT2D eigenvalue weighted by atomic mass is 19.4. The number of H-pyrrole nitrogens is 1. The smallest absolute Gasteiger partial charge is 0.371 e. The Morgan fingerprint density at radius 3 is 2.62 bits per heavy atom. The predicted octanol–water partition coefficient (Wildman–Crippen LogP) is 1.57. The molecule has 1 unspecified atom stereocenters. The maximum Gasteiger partial charge on any atom is 0.416 e. The summed E-state index contributed by atoms with van der Waals surface area (Å²) in [4.78, 5) is 14.2. The molecule has 1 atom stereocenters. The van der Waals surface area contributed by atoms with Crippen LogP contribution in [0.3, 0.4) is 0 Å². The second-order valence-electron chi connectivity index (χ2n) is 4.74. The van der Waals surface area contributed by atoms with Crippen LogP contribution in [0.1, 0.15) is 23.0 Å². The molecule has 8 heteroatoms. The van der Waals surface area contributed by atoms with Crippen molar-refractivity contribution in [1.29, 1.82) is 0 Å². The third-order valence-corrected chi connectivity index (χ3v) is 3.42. The van der Waals surface area contributed by atoms with Gasteiger partial charge in [0.1, 0.15) is 6.17 Å². The van der Waals surface area contributed by atoms with Crippen molar-refractivity contribution in [2.24, 2.45) is 11.5 Å². The number of hydrogen-bond donors (Lipinski definition) is 4. The van der Waals surface area contributed by atoms with Gasteiger partial charge in [0.15, 0.2) is 0 Å². The van der Waals surface area contributed by atoms with Crippen molar-refractivity contribution >= 4 is 22.4 Å². The number of hydrogen-bond acceptors (Lipinski definition) is 3. The van der Waals surface area contributed by atoms with Crippen LogP contribution in [0.5, 0.6) is 0 Å². The number of alkyl halides is 3. The highest BCUT2D eigenvalue weighted by Crippen LogP contribution is 2.36. The second kappa shape index (κ2) is 4.26. The van der Waals surface area contributed by atoms with Crippen LogP contribution in [0.2, 0.25) is 0 Å². The van der Waals surface area contributed by atoms with Gasteiger partial charge in [0.2, 0.25) is 0 Å². The summed E-state index contributed by atoms with van der Waals surface area (Å²) in [6, 6.07) is 3.30. The Morgan fingerprint density at radius 2 is 2.00 bits per heavy atom. The molecule has 1 aliphatic heterocycles. The fraction of sp³-hybridized carbons (Fsp3) is 0.154. The first-order valence-corrected chi connectivity index (χ1v) is 6.04. The number of rotatable bonds is 1. The van der Waals surface area contributed by atoms with Gasteiger partial charge in [-0.3, -0.25) is 4.79 Å². The van der Waals surface area contributed by atoms with Gasteiger partial charge in [-0.25, -0.2) is 0 Å². The maximum absolute atomic E-state index is 12.7. The van der Waals surface area contributed by atoms with Crippen molar-refractivity contribution < 1.29 is 18.0 Å². The largest absolute Gasteiger partial charge is 0.416 e. The molecule has 6 N–H and O–H groups in total. The molecule has 1 aromatic heterocycles. The van der Waals surface area contributed by atoms with E-state index in [2.05, 4.69) is 10.3 Å². The van der Waals surface area contributed by atoms with Crippen LogP contribution in [0, 0.1) is 0 Å². The lowest BCUT2D eigenvalue weighted by molar-refractivity contribution is -0.137. The molecule has 0 aliphatic carbocycles. The van der Waals surface area contributed by atoms with Crippen LogP contribution in [0.4, 0.5) is 13.2 Å². The second-order valence-corrected chi connectivity index (χ2v) is 4.74. The molecule has 0 bridgehead atoms. The number of aromatic amines is 1. The van der Waals surface area contributed by atoms with Crippen LogP contribution in [0.15, 0.2) is 24.4 Å². The highest BCUT2D eigenvalue weighted by Gasteiger charge is 2.32. The fourth-order valence-electron chi connectivity index (χ4n) is 2.45. The summed E-state index contributed by atoms with van der Waals surface area (Å²) < 4.78 is 38.2. The van der Waals surface area contributed by atoms with E-state index in [4.69, 9.17) is 11.5 Å². The van der Waals surface area contributed by atoms with Crippen LogP contribution >= 0.6 is 0 Å². The molecule has 0 radical (unpaired) electrons. The number of carbonyl (C=O) groups is 1. The fourth-order valence-corrected chi connectivity index (χ4v) is 2.45. The zero-order chi connectivity index (χ0) is 15.4. The Balaban J connectivity index is 2.26. The minimum Gasteiger partial charge on any atom is -0.371 e. The molecular weight excluding hydrogens is 285 g/mol. The van der Waals surface area contributed by atoms with Gasteiger partial charge in [-0.15, -0.1) is 0 Å². The third kappa shape index (κ3) is 2.04. The van der Waals surface area contributed by atoms with E-state index in [0.29, 0.717) is 16.6 Å². The summed E-state index contributed by atoms with van der Waals surface area (Å²) in [5.41, 5.74) is 11.6. The highest BCUT2D eigenvalue weighted by molar-refractivity contribution is 6.20. The van der Waals surface area contributed by atoms with E-state index in [1.165, 1.54) is 12.3 Å². The summed E-state index contributed by atoms with van der Waals surface area (Å²) in [5.74, 6) is -0.696. The normalized spacial score (nSPS) is 18.1. The Morgan fingerprint density at radius 1 is 1.29 bits per heavy atom. The minimum absolute atomic E-state index is 0.149. The quantitative estimate of drug-likeness (QED) is 0.643. The number of nitrogens with two attached hydrogens (primary N) is 2. The Bertz CT molecular complexity index is 776. The van der Waals surface area contributed by atoms with E-state index in [1.807, 2.05) is 0 Å². The zero-order valence-electron chi connectivity index (χ0n) is 10.6. The topological polar surface area (TPSA) is 96.9 Å². The van der Waals surface area contributed by atoms with Gasteiger partial charge in [-0.05, 0) is 12.1 Å². The molecular formula is C13H11F3N4O. The Kier molecular flexibility index (Phi) is 2.74. The number of fused-ring (bicyclic) bond motifs is 3. The van der Waals surface area contributed by atoms with Gasteiger partial charge in [0.05, 0.1) is 16.8 Å². The number of carbonyl (C=O) groups excluding carboxylic acids is 1. The third-order valence-electron chi connectivity index (χ3n) is 3.42. The van der Waals surface area contributed by atoms with Crippen molar-refractivity contribution in [3.05, 3.63) is 41.2 Å². The number of primary amides is 1. The summed E-state index contributed by atoms with van der Waals surface area (Å²) in [6.45, 7) is 0. The average Bonchev–Trinajstić information content (AvgIpc) is 2.76. The van der Waals surface area contributed by atoms with Crippen molar-refractivity contribution in [2.75, 3.05) is 0 Å². The molecule has 0 spiro atoms. The Labute approximate surface area is 116 Å². The summed E-state index contributed by atoms with van der Waals surface area (Å²) in [7, 11) is 0. The lowest BCUT2D eigenvalue weighted by atomic mass is 10.00. The van der Waals surface area contributed by atoms with Crippen LogP contribution < -0.4 is 16.8 Å². The molecule has 5 nitrogen and oxygen atoms in total. The van der Waals surface area contributed by atoms with E-state index in [9.17, 15) is 18.0 Å². The molecule has 1 aromatic carbocycles. The van der Waals surface area contributed by atoms with Crippen LogP contribution in [-0.4, -0.2) is 10.9 Å². The molecule has 1 amide bonds. The van der Waals surface area contributed by atoms with Crippen LogP contribution in [-0.2, 0) is 11.0 Å². The zero-order valence-corrected chi connectivity index (χ0v) is 10.6. The van der Waals surface area contributed by atoms with E-state index in [1.54, 1.807) is 0 Å². The lowest BCUT2D eigenvalue weighted by Gasteiger charge is -2.20. The van der Waals surface area contributed by atoms with Gasteiger partial charge in [-0.1, -0.05) is 6.07 Å². The number of benzene rings is 1. The number of nitrogens with one attached hydrogen (secondary N) is 2. The molecule has 0 fully saturated rings. The molecule has 21 heavy (non-hydrogen) atoms. The molecule has 2 heterocycles. The molecule has 3 rings (SSSR count). The van der Waals surface area contributed by atoms with Gasteiger partial charge in [0, 0.05) is 22.7 Å². The molecule has 110 valence electrons. The first-order chi connectivity index (χ1) is 9.79. The SMILES string of the molecule is NC(=O)C1=CNC(N)c2c1[nH]c1cc(C(F)(F)F)ccc21. The van der Waals surface area contributed by atoms with Crippen molar-refractivity contribution in [3.8, 4) is 0 Å². The van der Waals surface area contributed by atoms with Gasteiger partial charge >= 0.3 is 6.18 Å². The average molecular weight is 296 g/mol. The number of aromatic nitrogens is 1. The number of amides is 1. The minimum atomic E-state index is -4.44. The van der Waals surface area contributed by atoms with Crippen molar-refractivity contribution in [1.82, 2.24) is 10.3 Å². The Hall–Kier alpha value is -2.48. The summed E-state index contributed by atoms with van der Waals surface area (Å²) >= 11 is 0. The molecule has 2 aromatic rings. The van der Waals surface area contributed by atoms with Gasteiger partial charge in [0.25, 0.3) is 5.91 Å². The van der Waals surface area contributed by atoms with Crippen LogP contribution in [0.25, 0.3) is 16.5 Å². The van der Waals surface area contributed by atoms with Gasteiger partial charge in [-0.2, -0.15) is 13.2 Å². The van der Waals surface area contributed by atoms with E-state index in [-0.39, 0.29) is 11.1 Å². The van der Waals surface area contributed by atoms with E-state index < -0.39 is 23.8 Å². The first kappa shape index (κ1) is 13.5. The van der Waals surface area contributed by atoms with Gasteiger partial charge < -0.3 is 21.8 Å². The maximum atomic E-state index is 12.7. The molecule has 0 saturated carbocycles.